The molecule has 0 spiro atoms. The SMILES string of the molecule is C[C@H]1Nc2nc(=O)n(c3c2cc(C2(C#N)CC2)c(=O)n3C)CCCCOCC(C)(O)C(F)(F)c2cccc1c2F. The molecule has 3 aromatic rings. The number of aryl methyl sites for hydroxylation is 2. The third-order valence-corrected chi connectivity index (χ3v) is 7.98. The van der Waals surface area contributed by atoms with E-state index in [1.54, 1.807) is 6.07 Å². The Bertz CT molecular complexity index is 1650. The van der Waals surface area contributed by atoms with Gasteiger partial charge >= 0.3 is 11.6 Å². The van der Waals surface area contributed by atoms with Crippen LogP contribution in [0.4, 0.5) is 19.0 Å². The minimum Gasteiger partial charge on any atom is -0.381 e. The minimum atomic E-state index is -3.98. The van der Waals surface area contributed by atoms with Gasteiger partial charge in [0, 0.05) is 31.3 Å². The van der Waals surface area contributed by atoms with E-state index in [0.717, 1.165) is 13.0 Å². The van der Waals surface area contributed by atoms with Crippen molar-refractivity contribution in [2.75, 3.05) is 18.5 Å². The van der Waals surface area contributed by atoms with Crippen molar-refractivity contribution in [1.29, 1.82) is 5.26 Å². The van der Waals surface area contributed by atoms with Crippen LogP contribution >= 0.6 is 0 Å². The molecule has 1 unspecified atom stereocenters. The highest BCUT2D eigenvalue weighted by Crippen LogP contribution is 2.47. The maximum atomic E-state index is 15.7. The van der Waals surface area contributed by atoms with Crippen molar-refractivity contribution in [3.8, 4) is 6.07 Å². The number of rotatable bonds is 1. The third kappa shape index (κ3) is 4.37. The summed E-state index contributed by atoms with van der Waals surface area (Å²) in [6.45, 7) is 1.83. The first kappa shape index (κ1) is 27.9. The Morgan fingerprint density at radius 3 is 2.62 bits per heavy atom. The van der Waals surface area contributed by atoms with Gasteiger partial charge in [0.2, 0.25) is 0 Å². The second-order valence-electron chi connectivity index (χ2n) is 10.9. The summed E-state index contributed by atoms with van der Waals surface area (Å²) < 4.78 is 54.5. The molecule has 1 aliphatic heterocycles. The largest absolute Gasteiger partial charge is 0.381 e. The number of hydrogen-bond acceptors (Lipinski definition) is 7. The lowest BCUT2D eigenvalue weighted by Crippen LogP contribution is -2.47. The zero-order chi connectivity index (χ0) is 29.0. The molecule has 1 saturated carbocycles. The summed E-state index contributed by atoms with van der Waals surface area (Å²) in [7, 11) is 1.52. The average Bonchev–Trinajstić information content (AvgIpc) is 3.70. The Balaban J connectivity index is 1.73. The fourth-order valence-electron chi connectivity index (χ4n) is 5.29. The van der Waals surface area contributed by atoms with Crippen molar-refractivity contribution in [2.24, 2.45) is 7.05 Å². The first-order valence-corrected chi connectivity index (χ1v) is 13.1. The Kier molecular flexibility index (Phi) is 6.79. The van der Waals surface area contributed by atoms with Crippen LogP contribution in [-0.2, 0) is 29.7 Å². The number of anilines is 1. The predicted octanol–water partition coefficient (Wildman–Crippen LogP) is 3.62. The predicted molar refractivity (Wildman–Crippen MR) is 141 cm³/mol. The molecule has 0 saturated heterocycles. The second kappa shape index (κ2) is 9.74. The summed E-state index contributed by atoms with van der Waals surface area (Å²) in [6.07, 6.45) is 1.77. The number of nitriles is 1. The van der Waals surface area contributed by atoms with Gasteiger partial charge in [-0.15, -0.1) is 0 Å². The number of halogens is 3. The van der Waals surface area contributed by atoms with E-state index < -0.39 is 52.2 Å². The summed E-state index contributed by atoms with van der Waals surface area (Å²) >= 11 is 0. The van der Waals surface area contributed by atoms with Gasteiger partial charge in [-0.2, -0.15) is 19.0 Å². The van der Waals surface area contributed by atoms with E-state index in [0.29, 0.717) is 31.1 Å². The molecular formula is C28H30F3N5O4. The molecule has 2 atom stereocenters. The number of aromatic nitrogens is 3. The summed E-state index contributed by atoms with van der Waals surface area (Å²) in [4.78, 5) is 30.8. The fraction of sp³-hybridized carbons (Fsp3) is 0.500. The van der Waals surface area contributed by atoms with Gasteiger partial charge in [0.25, 0.3) is 5.56 Å². The summed E-state index contributed by atoms with van der Waals surface area (Å²) in [5, 5.41) is 23.7. The zero-order valence-corrected chi connectivity index (χ0v) is 22.4. The van der Waals surface area contributed by atoms with Crippen LogP contribution in [0.25, 0.3) is 11.0 Å². The summed E-state index contributed by atoms with van der Waals surface area (Å²) in [6, 6.07) is 6.34. The van der Waals surface area contributed by atoms with Crippen LogP contribution in [0.2, 0.25) is 0 Å². The minimum absolute atomic E-state index is 0.000690. The molecule has 4 bridgehead atoms. The monoisotopic (exact) mass is 557 g/mol. The normalized spacial score (nSPS) is 24.2. The zero-order valence-electron chi connectivity index (χ0n) is 22.4. The van der Waals surface area contributed by atoms with Crippen molar-refractivity contribution in [2.45, 2.75) is 69.1 Å². The van der Waals surface area contributed by atoms with Gasteiger partial charge in [0.15, 0.2) is 5.60 Å². The third-order valence-electron chi connectivity index (χ3n) is 7.98. The van der Waals surface area contributed by atoms with Gasteiger partial charge in [0.1, 0.15) is 17.3 Å². The topological polar surface area (TPSA) is 122 Å². The number of aliphatic hydroxyl groups is 1. The molecule has 2 N–H and O–H groups in total. The lowest BCUT2D eigenvalue weighted by molar-refractivity contribution is -0.204. The highest BCUT2D eigenvalue weighted by molar-refractivity contribution is 5.88. The van der Waals surface area contributed by atoms with Crippen molar-refractivity contribution in [1.82, 2.24) is 14.1 Å². The number of nitrogens with one attached hydrogen (secondary N) is 1. The molecule has 12 heteroatoms. The van der Waals surface area contributed by atoms with E-state index in [2.05, 4.69) is 16.4 Å². The van der Waals surface area contributed by atoms with Crippen LogP contribution in [0.3, 0.4) is 0 Å². The maximum Gasteiger partial charge on any atom is 0.351 e. The molecule has 2 aliphatic rings. The molecule has 3 heterocycles. The van der Waals surface area contributed by atoms with Gasteiger partial charge in [-0.25, -0.2) is 9.18 Å². The number of fused-ring (bicyclic) bond motifs is 8. The Morgan fingerprint density at radius 1 is 1.23 bits per heavy atom. The van der Waals surface area contributed by atoms with Crippen molar-refractivity contribution >= 4 is 16.9 Å². The van der Waals surface area contributed by atoms with Gasteiger partial charge in [-0.05, 0) is 51.7 Å². The molecule has 5 rings (SSSR count). The molecular weight excluding hydrogens is 527 g/mol. The number of hydrogen-bond donors (Lipinski definition) is 2. The molecule has 212 valence electrons. The van der Waals surface area contributed by atoms with Crippen molar-refractivity contribution in [3.05, 3.63) is 67.6 Å². The van der Waals surface area contributed by atoms with Crippen molar-refractivity contribution in [3.63, 3.8) is 0 Å². The van der Waals surface area contributed by atoms with Crippen molar-refractivity contribution < 1.29 is 23.0 Å². The standard InChI is InChI=1S/C28H30F3N5O4/c1-16-17-7-6-8-19(21(17)29)28(30,31)26(2,39)15-40-12-5-4-11-36-23-18(22(33-16)34-25(36)38)13-20(24(37)35(23)3)27(14-32)9-10-27/h6-8,13,16,39H,4-5,9-12,15H2,1-3H3,(H,33,34,38)/t16-,26?/m1/s1. The van der Waals surface area contributed by atoms with Crippen LogP contribution in [0.1, 0.15) is 62.3 Å². The molecule has 0 amide bonds. The number of ether oxygens (including phenoxy) is 1. The summed E-state index contributed by atoms with van der Waals surface area (Å²) in [5.74, 6) is -5.16. The lowest BCUT2D eigenvalue weighted by Gasteiger charge is -2.33. The van der Waals surface area contributed by atoms with E-state index in [1.165, 1.54) is 35.2 Å². The van der Waals surface area contributed by atoms with Gasteiger partial charge < -0.3 is 15.2 Å². The molecule has 0 radical (unpaired) electrons. The van der Waals surface area contributed by atoms with Gasteiger partial charge in [-0.3, -0.25) is 13.9 Å². The Morgan fingerprint density at radius 2 is 1.95 bits per heavy atom. The van der Waals surface area contributed by atoms with Crippen LogP contribution in [-0.4, -0.2) is 38.0 Å². The highest BCUT2D eigenvalue weighted by Gasteiger charge is 2.52. The molecule has 40 heavy (non-hydrogen) atoms. The molecule has 9 nitrogen and oxygen atoms in total. The number of nitrogens with zero attached hydrogens (tertiary/aromatic N) is 4. The highest BCUT2D eigenvalue weighted by atomic mass is 19.3. The number of benzene rings is 1. The first-order valence-electron chi connectivity index (χ1n) is 13.1. The van der Waals surface area contributed by atoms with Crippen LogP contribution in [0, 0.1) is 17.1 Å². The van der Waals surface area contributed by atoms with Gasteiger partial charge in [0.05, 0.1) is 35.1 Å². The summed E-state index contributed by atoms with van der Waals surface area (Å²) in [5.41, 5.74) is -5.25. The quantitative estimate of drug-likeness (QED) is 0.469. The van der Waals surface area contributed by atoms with Crippen LogP contribution in [0.15, 0.2) is 33.9 Å². The molecule has 1 aromatic carbocycles. The first-order chi connectivity index (χ1) is 18.8. The average molecular weight is 558 g/mol. The van der Waals surface area contributed by atoms with E-state index in [1.807, 2.05) is 0 Å². The number of alkyl halides is 2. The number of pyridine rings is 1. The Hall–Kier alpha value is -3.69. The molecule has 1 aliphatic carbocycles. The van der Waals surface area contributed by atoms with E-state index >= 15 is 13.2 Å². The van der Waals surface area contributed by atoms with Crippen LogP contribution in [0.5, 0.6) is 0 Å². The lowest BCUT2D eigenvalue weighted by atomic mass is 9.90. The fourth-order valence-corrected chi connectivity index (χ4v) is 5.29. The molecule has 2 aromatic heterocycles. The smallest absolute Gasteiger partial charge is 0.351 e. The molecule has 1 fully saturated rings. The van der Waals surface area contributed by atoms with E-state index in [-0.39, 0.29) is 35.7 Å². The Labute approximate surface area is 227 Å². The van der Waals surface area contributed by atoms with Gasteiger partial charge in [-0.1, -0.05) is 12.1 Å². The second-order valence-corrected chi connectivity index (χ2v) is 10.9. The maximum absolute atomic E-state index is 15.7. The van der Waals surface area contributed by atoms with E-state index in [9.17, 15) is 20.0 Å². The van der Waals surface area contributed by atoms with E-state index in [4.69, 9.17) is 4.74 Å². The van der Waals surface area contributed by atoms with Crippen LogP contribution < -0.4 is 16.6 Å².